The van der Waals surface area contributed by atoms with Crippen LogP contribution in [0, 0.1) is 0 Å². The van der Waals surface area contributed by atoms with Crippen LogP contribution in [0.1, 0.15) is 5.56 Å². The maximum absolute atomic E-state index is 12.0. The number of pyridine rings is 1. The fourth-order valence-electron chi connectivity index (χ4n) is 2.84. The maximum Gasteiger partial charge on any atom is 0.277 e. The molecule has 0 saturated heterocycles. The van der Waals surface area contributed by atoms with Gasteiger partial charge in [-0.05, 0) is 29.0 Å². The molecule has 0 unspecified atom stereocenters. The summed E-state index contributed by atoms with van der Waals surface area (Å²) in [5.74, 6) is 0.318. The zero-order chi connectivity index (χ0) is 18.5. The van der Waals surface area contributed by atoms with Gasteiger partial charge in [-0.3, -0.25) is 9.78 Å². The summed E-state index contributed by atoms with van der Waals surface area (Å²) < 4.78 is 5.55. The van der Waals surface area contributed by atoms with Gasteiger partial charge in [-0.2, -0.15) is 5.10 Å². The van der Waals surface area contributed by atoms with Crippen LogP contribution < -0.4 is 10.2 Å². The van der Waals surface area contributed by atoms with Crippen molar-refractivity contribution in [2.45, 2.75) is 0 Å². The number of benzene rings is 3. The molecule has 0 atom stereocenters. The Labute approximate surface area is 156 Å². The van der Waals surface area contributed by atoms with E-state index in [1.807, 2.05) is 72.8 Å². The predicted octanol–water partition coefficient (Wildman–Crippen LogP) is 3.92. The van der Waals surface area contributed by atoms with Gasteiger partial charge in [-0.1, -0.05) is 54.6 Å². The van der Waals surface area contributed by atoms with E-state index < -0.39 is 0 Å². The van der Waals surface area contributed by atoms with Crippen molar-refractivity contribution in [3.8, 4) is 5.75 Å². The van der Waals surface area contributed by atoms with Gasteiger partial charge in [0.2, 0.25) is 0 Å². The Kier molecular flexibility index (Phi) is 4.74. The number of fused-ring (bicyclic) bond motifs is 2. The van der Waals surface area contributed by atoms with E-state index in [4.69, 9.17) is 4.74 Å². The molecular weight excluding hydrogens is 338 g/mol. The molecule has 0 spiro atoms. The molecule has 27 heavy (non-hydrogen) atoms. The second-order valence-electron chi connectivity index (χ2n) is 6.01. The van der Waals surface area contributed by atoms with Gasteiger partial charge in [0.25, 0.3) is 5.91 Å². The molecule has 0 aliphatic heterocycles. The highest BCUT2D eigenvalue weighted by molar-refractivity contribution is 5.97. The Bertz CT molecular complexity index is 1130. The second kappa shape index (κ2) is 7.66. The van der Waals surface area contributed by atoms with Crippen LogP contribution in [0.5, 0.6) is 5.75 Å². The van der Waals surface area contributed by atoms with Crippen LogP contribution in [0.4, 0.5) is 0 Å². The van der Waals surface area contributed by atoms with Gasteiger partial charge in [0.15, 0.2) is 6.61 Å². The van der Waals surface area contributed by atoms with Crippen molar-refractivity contribution in [1.29, 1.82) is 0 Å². The number of nitrogens with zero attached hydrogens (tertiary/aromatic N) is 2. The number of para-hydroxylation sites is 1. The van der Waals surface area contributed by atoms with E-state index in [-0.39, 0.29) is 12.5 Å². The van der Waals surface area contributed by atoms with Crippen LogP contribution in [0.3, 0.4) is 0 Å². The number of rotatable bonds is 5. The summed E-state index contributed by atoms with van der Waals surface area (Å²) in [4.78, 5) is 16.3. The highest BCUT2D eigenvalue weighted by atomic mass is 16.5. The minimum atomic E-state index is -0.326. The first-order chi connectivity index (χ1) is 13.3. The Morgan fingerprint density at radius 3 is 2.70 bits per heavy atom. The third kappa shape index (κ3) is 3.93. The fraction of sp³-hybridized carbons (Fsp3) is 0.0455. The van der Waals surface area contributed by atoms with Gasteiger partial charge >= 0.3 is 0 Å². The van der Waals surface area contributed by atoms with Crippen LogP contribution in [0.15, 0.2) is 84.1 Å². The molecule has 0 fully saturated rings. The molecule has 1 aromatic heterocycles. The maximum atomic E-state index is 12.0. The van der Waals surface area contributed by atoms with Gasteiger partial charge in [0.05, 0.1) is 11.7 Å². The number of amides is 1. The summed E-state index contributed by atoms with van der Waals surface area (Å²) in [7, 11) is 0. The minimum Gasteiger partial charge on any atom is -0.484 e. The van der Waals surface area contributed by atoms with Gasteiger partial charge < -0.3 is 4.74 Å². The SMILES string of the molecule is O=C(COc1ccc2ccccc2c1)N/N=C\c1cccc2cccnc12. The zero-order valence-electron chi connectivity index (χ0n) is 14.5. The minimum absolute atomic E-state index is 0.108. The van der Waals surface area contributed by atoms with Crippen LogP contribution >= 0.6 is 0 Å². The first-order valence-electron chi connectivity index (χ1n) is 8.57. The summed E-state index contributed by atoms with van der Waals surface area (Å²) in [6.45, 7) is -0.108. The van der Waals surface area contributed by atoms with E-state index in [2.05, 4.69) is 15.5 Å². The number of carbonyl (C=O) groups excluding carboxylic acids is 1. The lowest BCUT2D eigenvalue weighted by Crippen LogP contribution is -2.24. The smallest absolute Gasteiger partial charge is 0.277 e. The molecule has 1 N–H and O–H groups in total. The molecule has 1 heterocycles. The molecule has 132 valence electrons. The topological polar surface area (TPSA) is 63.6 Å². The van der Waals surface area contributed by atoms with Crippen molar-refractivity contribution in [3.05, 3.63) is 84.6 Å². The number of hydrogen-bond acceptors (Lipinski definition) is 4. The van der Waals surface area contributed by atoms with Crippen molar-refractivity contribution >= 4 is 33.8 Å². The van der Waals surface area contributed by atoms with Crippen LogP contribution in [0.25, 0.3) is 21.7 Å². The molecule has 0 saturated carbocycles. The monoisotopic (exact) mass is 355 g/mol. The third-order valence-corrected chi connectivity index (χ3v) is 4.15. The zero-order valence-corrected chi connectivity index (χ0v) is 14.5. The Morgan fingerprint density at radius 2 is 1.78 bits per heavy atom. The quantitative estimate of drug-likeness (QED) is 0.436. The van der Waals surface area contributed by atoms with E-state index in [1.165, 1.54) is 0 Å². The van der Waals surface area contributed by atoms with Gasteiger partial charge in [0, 0.05) is 17.1 Å². The average molecular weight is 355 g/mol. The number of hydrogen-bond donors (Lipinski definition) is 1. The summed E-state index contributed by atoms with van der Waals surface area (Å²) in [5.41, 5.74) is 4.16. The first kappa shape index (κ1) is 16.7. The van der Waals surface area contributed by atoms with Crippen molar-refractivity contribution in [1.82, 2.24) is 10.4 Å². The molecule has 3 aromatic carbocycles. The Hall–Kier alpha value is -3.73. The third-order valence-electron chi connectivity index (χ3n) is 4.15. The highest BCUT2D eigenvalue weighted by Crippen LogP contribution is 2.20. The van der Waals surface area contributed by atoms with Gasteiger partial charge in [-0.25, -0.2) is 5.43 Å². The van der Waals surface area contributed by atoms with E-state index in [9.17, 15) is 4.79 Å². The van der Waals surface area contributed by atoms with Crippen LogP contribution in [0.2, 0.25) is 0 Å². The summed E-state index contributed by atoms with van der Waals surface area (Å²) in [5, 5.41) is 7.22. The number of ether oxygens (including phenoxy) is 1. The van der Waals surface area contributed by atoms with Crippen molar-refractivity contribution < 1.29 is 9.53 Å². The van der Waals surface area contributed by atoms with Crippen molar-refractivity contribution in [2.75, 3.05) is 6.61 Å². The predicted molar refractivity (Wildman–Crippen MR) is 107 cm³/mol. The largest absolute Gasteiger partial charge is 0.484 e. The summed E-state index contributed by atoms with van der Waals surface area (Å²) in [6, 6.07) is 23.4. The molecule has 4 rings (SSSR count). The lowest BCUT2D eigenvalue weighted by molar-refractivity contribution is -0.123. The second-order valence-corrected chi connectivity index (χ2v) is 6.01. The van der Waals surface area contributed by atoms with E-state index in [1.54, 1.807) is 12.4 Å². The van der Waals surface area contributed by atoms with Gasteiger partial charge in [-0.15, -0.1) is 0 Å². The fourth-order valence-corrected chi connectivity index (χ4v) is 2.84. The lowest BCUT2D eigenvalue weighted by Gasteiger charge is -2.06. The van der Waals surface area contributed by atoms with E-state index >= 15 is 0 Å². The molecule has 0 bridgehead atoms. The van der Waals surface area contributed by atoms with Crippen molar-refractivity contribution in [2.24, 2.45) is 5.10 Å². The normalized spacial score (nSPS) is 11.1. The first-order valence-corrected chi connectivity index (χ1v) is 8.57. The molecule has 5 heteroatoms. The number of nitrogens with one attached hydrogen (secondary N) is 1. The summed E-state index contributed by atoms with van der Waals surface area (Å²) in [6.07, 6.45) is 3.32. The molecule has 0 aliphatic carbocycles. The standard InChI is InChI=1S/C22H17N3O2/c26-21(15-27-20-11-10-16-5-1-2-6-18(16)13-20)25-24-14-19-8-3-7-17-9-4-12-23-22(17)19/h1-14H,15H2,(H,25,26)/b24-14-. The molecule has 4 aromatic rings. The van der Waals surface area contributed by atoms with E-state index in [0.717, 1.165) is 27.2 Å². The Balaban J connectivity index is 1.37. The molecule has 5 nitrogen and oxygen atoms in total. The number of hydrazone groups is 1. The van der Waals surface area contributed by atoms with Crippen LogP contribution in [-0.4, -0.2) is 23.7 Å². The van der Waals surface area contributed by atoms with Crippen molar-refractivity contribution in [3.63, 3.8) is 0 Å². The Morgan fingerprint density at radius 1 is 0.963 bits per heavy atom. The lowest BCUT2D eigenvalue weighted by atomic mass is 10.1. The number of carbonyl (C=O) groups is 1. The number of aromatic nitrogens is 1. The molecule has 1 amide bonds. The average Bonchev–Trinajstić information content (AvgIpc) is 2.72. The highest BCUT2D eigenvalue weighted by Gasteiger charge is 2.03. The van der Waals surface area contributed by atoms with Crippen LogP contribution in [-0.2, 0) is 4.79 Å². The summed E-state index contributed by atoms with van der Waals surface area (Å²) >= 11 is 0. The molecule has 0 aliphatic rings. The molecular formula is C22H17N3O2. The van der Waals surface area contributed by atoms with E-state index in [0.29, 0.717) is 5.75 Å². The van der Waals surface area contributed by atoms with Gasteiger partial charge in [0.1, 0.15) is 5.75 Å². The molecule has 0 radical (unpaired) electrons.